The first-order valence-corrected chi connectivity index (χ1v) is 7.35. The van der Waals surface area contributed by atoms with Gasteiger partial charge >= 0.3 is 6.18 Å². The lowest BCUT2D eigenvalue weighted by Gasteiger charge is -2.19. The van der Waals surface area contributed by atoms with E-state index < -0.39 is 17.8 Å². The molecule has 4 nitrogen and oxygen atoms in total. The average molecular weight is 330 g/mol. The van der Waals surface area contributed by atoms with Crippen molar-refractivity contribution in [2.45, 2.75) is 20.0 Å². The van der Waals surface area contributed by atoms with Crippen molar-refractivity contribution in [2.24, 2.45) is 0 Å². The maximum absolute atomic E-state index is 13.4. The fourth-order valence-corrected chi connectivity index (χ4v) is 2.23. The van der Waals surface area contributed by atoms with Crippen molar-refractivity contribution in [1.29, 1.82) is 0 Å². The second-order valence-corrected chi connectivity index (χ2v) is 5.01. The third-order valence-corrected chi connectivity index (χ3v) is 3.53. The van der Waals surface area contributed by atoms with Crippen molar-refractivity contribution in [1.82, 2.24) is 14.9 Å². The summed E-state index contributed by atoms with van der Waals surface area (Å²) in [4.78, 5) is 9.11. The predicted octanol–water partition coefficient (Wildman–Crippen LogP) is 3.54. The van der Waals surface area contributed by atoms with E-state index in [1.165, 1.54) is 6.07 Å². The number of aromatic nitrogens is 2. The van der Waals surface area contributed by atoms with Crippen molar-refractivity contribution >= 4 is 16.7 Å². The number of hydrogen-bond donors (Lipinski definition) is 1. The Morgan fingerprint density at radius 2 is 1.83 bits per heavy atom. The SMILES string of the molecule is CCN(CC)CCNc1nc(C(F)(F)F)nc2ccc(F)cc12. The summed E-state index contributed by atoms with van der Waals surface area (Å²) in [5, 5.41) is 3.10. The van der Waals surface area contributed by atoms with E-state index in [1.807, 2.05) is 13.8 Å². The molecule has 1 aromatic carbocycles. The van der Waals surface area contributed by atoms with Crippen LogP contribution in [0.25, 0.3) is 10.9 Å². The summed E-state index contributed by atoms with van der Waals surface area (Å²) in [7, 11) is 0. The number of halogens is 4. The summed E-state index contributed by atoms with van der Waals surface area (Å²) in [5.41, 5.74) is 0.0547. The molecule has 0 aliphatic carbocycles. The fraction of sp³-hybridized carbons (Fsp3) is 0.467. The van der Waals surface area contributed by atoms with Crippen LogP contribution in [0.1, 0.15) is 19.7 Å². The molecule has 0 saturated heterocycles. The molecular formula is C15H18F4N4. The van der Waals surface area contributed by atoms with Gasteiger partial charge in [-0.05, 0) is 31.3 Å². The Labute approximate surface area is 131 Å². The molecule has 0 amide bonds. The molecule has 1 heterocycles. The number of benzene rings is 1. The monoisotopic (exact) mass is 330 g/mol. The molecule has 23 heavy (non-hydrogen) atoms. The van der Waals surface area contributed by atoms with Crippen molar-refractivity contribution in [3.05, 3.63) is 29.8 Å². The lowest BCUT2D eigenvalue weighted by atomic mass is 10.2. The van der Waals surface area contributed by atoms with Crippen LogP contribution < -0.4 is 5.32 Å². The highest BCUT2D eigenvalue weighted by Gasteiger charge is 2.35. The molecule has 1 aromatic heterocycles. The van der Waals surface area contributed by atoms with Gasteiger partial charge in [-0.2, -0.15) is 13.2 Å². The fourth-order valence-electron chi connectivity index (χ4n) is 2.23. The van der Waals surface area contributed by atoms with Gasteiger partial charge < -0.3 is 10.2 Å². The van der Waals surface area contributed by atoms with E-state index >= 15 is 0 Å². The Morgan fingerprint density at radius 3 is 2.43 bits per heavy atom. The minimum absolute atomic E-state index is 0.00557. The van der Waals surface area contributed by atoms with Crippen LogP contribution in [-0.4, -0.2) is 41.0 Å². The number of likely N-dealkylation sites (N-methyl/N-ethyl adjacent to an activating group) is 1. The predicted molar refractivity (Wildman–Crippen MR) is 80.8 cm³/mol. The van der Waals surface area contributed by atoms with Crippen LogP contribution >= 0.6 is 0 Å². The van der Waals surface area contributed by atoms with Gasteiger partial charge in [0, 0.05) is 18.5 Å². The highest BCUT2D eigenvalue weighted by Crippen LogP contribution is 2.30. The third kappa shape index (κ3) is 4.28. The highest BCUT2D eigenvalue weighted by molar-refractivity contribution is 5.89. The zero-order chi connectivity index (χ0) is 17.0. The summed E-state index contributed by atoms with van der Waals surface area (Å²) in [5.74, 6) is -1.79. The maximum atomic E-state index is 13.4. The summed E-state index contributed by atoms with van der Waals surface area (Å²) in [6.07, 6.45) is -4.65. The minimum Gasteiger partial charge on any atom is -0.368 e. The van der Waals surface area contributed by atoms with Crippen LogP contribution in [-0.2, 0) is 6.18 Å². The van der Waals surface area contributed by atoms with Gasteiger partial charge in [-0.3, -0.25) is 0 Å². The Hall–Kier alpha value is -1.96. The third-order valence-electron chi connectivity index (χ3n) is 3.53. The molecule has 1 N–H and O–H groups in total. The van der Waals surface area contributed by atoms with E-state index in [9.17, 15) is 17.6 Å². The average Bonchev–Trinajstić information content (AvgIpc) is 2.50. The molecular weight excluding hydrogens is 312 g/mol. The molecule has 0 atom stereocenters. The Balaban J connectivity index is 2.33. The molecule has 0 aliphatic rings. The smallest absolute Gasteiger partial charge is 0.368 e. The largest absolute Gasteiger partial charge is 0.451 e. The zero-order valence-corrected chi connectivity index (χ0v) is 12.9. The number of nitrogens with zero attached hydrogens (tertiary/aromatic N) is 3. The van der Waals surface area contributed by atoms with Gasteiger partial charge in [0.05, 0.1) is 5.52 Å². The molecule has 0 aliphatic heterocycles. The number of nitrogens with one attached hydrogen (secondary N) is 1. The van der Waals surface area contributed by atoms with E-state index in [0.29, 0.717) is 13.1 Å². The first kappa shape index (κ1) is 17.4. The lowest BCUT2D eigenvalue weighted by molar-refractivity contribution is -0.144. The van der Waals surface area contributed by atoms with E-state index in [-0.39, 0.29) is 16.7 Å². The Morgan fingerprint density at radius 1 is 1.13 bits per heavy atom. The van der Waals surface area contributed by atoms with Gasteiger partial charge in [0.15, 0.2) is 0 Å². The first-order chi connectivity index (χ1) is 10.8. The van der Waals surface area contributed by atoms with E-state index in [4.69, 9.17) is 0 Å². The van der Waals surface area contributed by atoms with Crippen molar-refractivity contribution in [2.75, 3.05) is 31.5 Å². The molecule has 126 valence electrons. The normalized spacial score (nSPS) is 12.1. The minimum atomic E-state index is -4.65. The van der Waals surface area contributed by atoms with Crippen LogP contribution in [0.2, 0.25) is 0 Å². The molecule has 8 heteroatoms. The van der Waals surface area contributed by atoms with Gasteiger partial charge in [0.25, 0.3) is 0 Å². The second-order valence-electron chi connectivity index (χ2n) is 5.01. The van der Waals surface area contributed by atoms with Crippen LogP contribution in [0.5, 0.6) is 0 Å². The van der Waals surface area contributed by atoms with Gasteiger partial charge in [0.2, 0.25) is 5.82 Å². The highest BCUT2D eigenvalue weighted by atomic mass is 19.4. The van der Waals surface area contributed by atoms with E-state index in [1.54, 1.807) is 0 Å². The van der Waals surface area contributed by atoms with E-state index in [0.717, 1.165) is 25.2 Å². The topological polar surface area (TPSA) is 41.0 Å². The zero-order valence-electron chi connectivity index (χ0n) is 12.9. The van der Waals surface area contributed by atoms with Gasteiger partial charge in [-0.25, -0.2) is 14.4 Å². The Kier molecular flexibility index (Phi) is 5.35. The van der Waals surface area contributed by atoms with Crippen molar-refractivity contribution < 1.29 is 17.6 Å². The molecule has 0 bridgehead atoms. The standard InChI is InChI=1S/C15H18F4N4/c1-3-23(4-2)8-7-20-13-11-9-10(16)5-6-12(11)21-14(22-13)15(17,18)19/h5-6,9H,3-4,7-8H2,1-2H3,(H,20,21,22). The molecule has 0 saturated carbocycles. The number of hydrogen-bond acceptors (Lipinski definition) is 4. The molecule has 2 aromatic rings. The van der Waals surface area contributed by atoms with Crippen LogP contribution in [0.3, 0.4) is 0 Å². The summed E-state index contributed by atoms with van der Waals surface area (Å²) in [6.45, 7) is 6.73. The first-order valence-electron chi connectivity index (χ1n) is 7.35. The van der Waals surface area contributed by atoms with Crippen molar-refractivity contribution in [3.63, 3.8) is 0 Å². The number of alkyl halides is 3. The number of fused-ring (bicyclic) bond motifs is 1. The van der Waals surface area contributed by atoms with Gasteiger partial charge in [-0.1, -0.05) is 13.8 Å². The molecule has 0 unspecified atom stereocenters. The molecule has 0 spiro atoms. The van der Waals surface area contributed by atoms with Crippen LogP contribution in [0, 0.1) is 5.82 Å². The summed E-state index contributed by atoms with van der Waals surface area (Å²) < 4.78 is 52.1. The maximum Gasteiger partial charge on any atom is 0.451 e. The quantitative estimate of drug-likeness (QED) is 0.823. The van der Waals surface area contributed by atoms with Gasteiger partial charge in [-0.15, -0.1) is 0 Å². The van der Waals surface area contributed by atoms with Crippen molar-refractivity contribution in [3.8, 4) is 0 Å². The summed E-state index contributed by atoms with van der Waals surface area (Å²) in [6, 6.07) is 3.43. The molecule has 2 rings (SSSR count). The lowest BCUT2D eigenvalue weighted by Crippen LogP contribution is -2.29. The van der Waals surface area contributed by atoms with Gasteiger partial charge in [0.1, 0.15) is 11.6 Å². The number of rotatable bonds is 6. The van der Waals surface area contributed by atoms with Crippen LogP contribution in [0.15, 0.2) is 18.2 Å². The second kappa shape index (κ2) is 7.08. The summed E-state index contributed by atoms with van der Waals surface area (Å²) >= 11 is 0. The van der Waals surface area contributed by atoms with Crippen LogP contribution in [0.4, 0.5) is 23.4 Å². The molecule has 0 fully saturated rings. The number of anilines is 1. The molecule has 0 radical (unpaired) electrons. The Bertz CT molecular complexity index is 668. The van der Waals surface area contributed by atoms with E-state index in [2.05, 4.69) is 20.2 Å².